The van der Waals surface area contributed by atoms with E-state index in [1.807, 2.05) is 4.90 Å². The zero-order chi connectivity index (χ0) is 18.7. The van der Waals surface area contributed by atoms with Crippen molar-refractivity contribution in [3.8, 4) is 0 Å². The van der Waals surface area contributed by atoms with Gasteiger partial charge in [0, 0.05) is 45.1 Å². The fourth-order valence-corrected chi connectivity index (χ4v) is 4.03. The summed E-state index contributed by atoms with van der Waals surface area (Å²) in [6.45, 7) is 3.92. The minimum atomic E-state index is -3.68. The smallest absolute Gasteiger partial charge is 0.239 e. The molecular weight excluding hydrogens is 427 g/mol. The summed E-state index contributed by atoms with van der Waals surface area (Å²) >= 11 is 0. The molecule has 160 valence electrons. The van der Waals surface area contributed by atoms with E-state index in [9.17, 15) is 13.2 Å². The van der Waals surface area contributed by atoms with Crippen LogP contribution in [0.4, 0.5) is 5.69 Å². The first kappa shape index (κ1) is 24.9. The Morgan fingerprint density at radius 1 is 1.04 bits per heavy atom. The highest BCUT2D eigenvalue weighted by atomic mass is 35.5. The molecule has 1 amide bonds. The highest BCUT2D eigenvalue weighted by Crippen LogP contribution is 2.22. The summed E-state index contributed by atoms with van der Waals surface area (Å²) in [5.41, 5.74) is 7.11. The second-order valence-electron chi connectivity index (χ2n) is 6.83. The summed E-state index contributed by atoms with van der Waals surface area (Å²) in [6.07, 6.45) is 1.67. The first-order chi connectivity index (χ1) is 12.4. The van der Waals surface area contributed by atoms with Gasteiger partial charge in [-0.3, -0.25) is 4.79 Å². The second-order valence-corrected chi connectivity index (χ2v) is 8.39. The first-order valence-electron chi connectivity index (χ1n) is 8.86. The van der Waals surface area contributed by atoms with Gasteiger partial charge in [-0.2, -0.15) is 0 Å². The number of amides is 1. The largest absolute Gasteiger partial charge is 0.381 e. The fourth-order valence-electron chi connectivity index (χ4n) is 3.52. The molecule has 11 heteroatoms. The molecule has 1 unspecified atom stereocenters. The lowest BCUT2D eigenvalue weighted by Crippen LogP contribution is -2.55. The lowest BCUT2D eigenvalue weighted by molar-refractivity contribution is -0.135. The minimum absolute atomic E-state index is 0. The van der Waals surface area contributed by atoms with E-state index >= 15 is 0 Å². The number of nitrogens with two attached hydrogens (primary N) is 2. The average Bonchev–Trinajstić information content (AvgIpc) is 2.67. The quantitative estimate of drug-likeness (QED) is 0.686. The maximum absolute atomic E-state index is 12.7. The van der Waals surface area contributed by atoms with Crippen molar-refractivity contribution in [2.24, 2.45) is 16.8 Å². The third-order valence-electron chi connectivity index (χ3n) is 5.18. The van der Waals surface area contributed by atoms with Crippen LogP contribution in [0.25, 0.3) is 0 Å². The standard InChI is InChI=1S/C17H26N4O4S.2ClH/c18-16(13-5-11-25-12-6-13)17(22)21-9-7-20(8-10-21)14-1-3-15(4-2-14)26(19,23)24;;/h1-4,13,16H,5-12,18H2,(H2,19,23,24);2*1H. The molecular formula is C17H28Cl2N4O4S. The average molecular weight is 455 g/mol. The number of nitrogens with zero attached hydrogens (tertiary/aromatic N) is 2. The first-order valence-corrected chi connectivity index (χ1v) is 10.4. The zero-order valence-electron chi connectivity index (χ0n) is 15.5. The molecule has 0 spiro atoms. The van der Waals surface area contributed by atoms with Crippen LogP contribution in [0.5, 0.6) is 0 Å². The van der Waals surface area contributed by atoms with E-state index in [1.54, 1.807) is 12.1 Å². The monoisotopic (exact) mass is 454 g/mol. The highest BCUT2D eigenvalue weighted by Gasteiger charge is 2.31. The Hall–Kier alpha value is -1.10. The normalized spacial score (nSPS) is 19.4. The van der Waals surface area contributed by atoms with Gasteiger partial charge >= 0.3 is 0 Å². The number of piperazine rings is 1. The van der Waals surface area contributed by atoms with Crippen LogP contribution in [0, 0.1) is 5.92 Å². The molecule has 8 nitrogen and oxygen atoms in total. The lowest BCUT2D eigenvalue weighted by atomic mass is 9.91. The van der Waals surface area contributed by atoms with E-state index in [1.165, 1.54) is 12.1 Å². The molecule has 0 saturated carbocycles. The molecule has 0 aliphatic carbocycles. The number of ether oxygens (including phenoxy) is 1. The van der Waals surface area contributed by atoms with Crippen LogP contribution >= 0.6 is 24.8 Å². The van der Waals surface area contributed by atoms with Crippen molar-refractivity contribution in [3.05, 3.63) is 24.3 Å². The Labute approximate surface area is 178 Å². The number of primary sulfonamides is 1. The summed E-state index contributed by atoms with van der Waals surface area (Å²) in [5, 5.41) is 5.12. The Kier molecular flexibility index (Phi) is 9.45. The minimum Gasteiger partial charge on any atom is -0.381 e. The van der Waals surface area contributed by atoms with Gasteiger partial charge < -0.3 is 20.3 Å². The molecule has 2 fully saturated rings. The third-order valence-corrected chi connectivity index (χ3v) is 6.11. The van der Waals surface area contributed by atoms with Crippen LogP contribution in [0.2, 0.25) is 0 Å². The Morgan fingerprint density at radius 3 is 2.07 bits per heavy atom. The molecule has 2 aliphatic heterocycles. The van der Waals surface area contributed by atoms with Gasteiger partial charge in [-0.1, -0.05) is 0 Å². The van der Waals surface area contributed by atoms with E-state index < -0.39 is 16.1 Å². The predicted octanol–water partition coefficient (Wildman–Crippen LogP) is 0.580. The van der Waals surface area contributed by atoms with Crippen LogP contribution in [0.3, 0.4) is 0 Å². The van der Waals surface area contributed by atoms with Gasteiger partial charge in [-0.15, -0.1) is 24.8 Å². The Balaban J connectivity index is 0.00000196. The summed E-state index contributed by atoms with van der Waals surface area (Å²) < 4.78 is 28.0. The molecule has 0 aromatic heterocycles. The number of halogens is 2. The zero-order valence-corrected chi connectivity index (χ0v) is 18.0. The van der Waals surface area contributed by atoms with Crippen molar-refractivity contribution in [1.82, 2.24) is 4.90 Å². The molecule has 0 bridgehead atoms. The summed E-state index contributed by atoms with van der Waals surface area (Å²) in [6, 6.07) is 6.03. The van der Waals surface area contributed by atoms with Gasteiger partial charge in [0.25, 0.3) is 0 Å². The van der Waals surface area contributed by atoms with Crippen molar-refractivity contribution < 1.29 is 17.9 Å². The summed E-state index contributed by atoms with van der Waals surface area (Å²) in [5.74, 6) is 0.209. The van der Waals surface area contributed by atoms with E-state index in [-0.39, 0.29) is 41.5 Å². The van der Waals surface area contributed by atoms with Crippen LogP contribution in [0.15, 0.2) is 29.2 Å². The molecule has 1 aromatic rings. The Morgan fingerprint density at radius 2 is 1.57 bits per heavy atom. The molecule has 1 atom stereocenters. The van der Waals surface area contributed by atoms with Crippen molar-refractivity contribution in [2.75, 3.05) is 44.3 Å². The SMILES string of the molecule is Cl.Cl.NC(C(=O)N1CCN(c2ccc(S(N)(=O)=O)cc2)CC1)C1CCOCC1. The van der Waals surface area contributed by atoms with Crippen LogP contribution in [-0.2, 0) is 19.6 Å². The molecule has 2 heterocycles. The van der Waals surface area contributed by atoms with Crippen molar-refractivity contribution >= 4 is 46.4 Å². The van der Waals surface area contributed by atoms with E-state index in [4.69, 9.17) is 15.6 Å². The van der Waals surface area contributed by atoms with Crippen LogP contribution in [0.1, 0.15) is 12.8 Å². The van der Waals surface area contributed by atoms with E-state index in [2.05, 4.69) is 4.90 Å². The molecule has 4 N–H and O–H groups in total. The van der Waals surface area contributed by atoms with E-state index in [0.29, 0.717) is 39.4 Å². The van der Waals surface area contributed by atoms with Gasteiger partial charge in [-0.25, -0.2) is 13.6 Å². The predicted molar refractivity (Wildman–Crippen MR) is 113 cm³/mol. The molecule has 1 aromatic carbocycles. The van der Waals surface area contributed by atoms with Crippen molar-refractivity contribution in [3.63, 3.8) is 0 Å². The van der Waals surface area contributed by atoms with Gasteiger partial charge in [0.15, 0.2) is 0 Å². The van der Waals surface area contributed by atoms with Gasteiger partial charge in [0.1, 0.15) is 0 Å². The number of carbonyl (C=O) groups excluding carboxylic acids is 1. The topological polar surface area (TPSA) is 119 Å². The highest BCUT2D eigenvalue weighted by molar-refractivity contribution is 7.89. The van der Waals surface area contributed by atoms with Gasteiger partial charge in [-0.05, 0) is 43.0 Å². The number of anilines is 1. The molecule has 2 saturated heterocycles. The molecule has 0 radical (unpaired) electrons. The van der Waals surface area contributed by atoms with Gasteiger partial charge in [0.2, 0.25) is 15.9 Å². The number of carbonyl (C=O) groups is 1. The number of rotatable bonds is 4. The third kappa shape index (κ3) is 5.95. The fraction of sp³-hybridized carbons (Fsp3) is 0.588. The molecule has 2 aliphatic rings. The molecule has 28 heavy (non-hydrogen) atoms. The van der Waals surface area contributed by atoms with Crippen molar-refractivity contribution in [1.29, 1.82) is 0 Å². The number of hydrogen-bond donors (Lipinski definition) is 2. The lowest BCUT2D eigenvalue weighted by Gasteiger charge is -2.38. The van der Waals surface area contributed by atoms with E-state index in [0.717, 1.165) is 18.5 Å². The summed E-state index contributed by atoms with van der Waals surface area (Å²) in [4.78, 5) is 16.7. The second kappa shape index (κ2) is 10.6. The summed E-state index contributed by atoms with van der Waals surface area (Å²) in [7, 11) is -3.68. The number of benzene rings is 1. The maximum Gasteiger partial charge on any atom is 0.239 e. The van der Waals surface area contributed by atoms with Gasteiger partial charge in [0.05, 0.1) is 10.9 Å². The Bertz CT molecular complexity index is 734. The van der Waals surface area contributed by atoms with Crippen LogP contribution in [-0.4, -0.2) is 64.7 Å². The number of sulfonamides is 1. The van der Waals surface area contributed by atoms with Crippen molar-refractivity contribution in [2.45, 2.75) is 23.8 Å². The number of hydrogen-bond acceptors (Lipinski definition) is 6. The maximum atomic E-state index is 12.7. The molecule has 3 rings (SSSR count). The van der Waals surface area contributed by atoms with Crippen LogP contribution < -0.4 is 15.8 Å².